The van der Waals surface area contributed by atoms with Gasteiger partial charge in [0.1, 0.15) is 27.9 Å². The van der Waals surface area contributed by atoms with E-state index in [4.69, 9.17) is 12.5 Å². The topological polar surface area (TPSA) is 44.8 Å². The molecule has 0 aliphatic carbocycles. The van der Waals surface area contributed by atoms with Crippen LogP contribution in [-0.4, -0.2) is 0 Å². The van der Waals surface area contributed by atoms with Gasteiger partial charge in [-0.2, -0.15) is 7.94 Å². The van der Waals surface area contributed by atoms with Gasteiger partial charge in [-0.05, 0) is 12.1 Å². The number of phosphoric acid groups is 1. The quantitative estimate of drug-likeness (QED) is 0.445. The van der Waals surface area contributed by atoms with E-state index in [1.54, 1.807) is 24.3 Å². The van der Waals surface area contributed by atoms with Crippen molar-refractivity contribution in [2.45, 2.75) is 0 Å². The molecule has 0 atom stereocenters. The Labute approximate surface area is 83.4 Å². The Balaban J connectivity index is 2.10. The van der Waals surface area contributed by atoms with E-state index in [1.165, 1.54) is 0 Å². The first kappa shape index (κ1) is 9.43. The van der Waals surface area contributed by atoms with E-state index in [0.717, 1.165) is 22.1 Å². The lowest BCUT2D eigenvalue weighted by Crippen LogP contribution is -1.89. The summed E-state index contributed by atoms with van der Waals surface area (Å²) in [6.07, 6.45) is 0. The van der Waals surface area contributed by atoms with E-state index in [1.807, 2.05) is 6.07 Å². The smallest absolute Gasteiger partial charge is 0.403 e. The maximum absolute atomic E-state index is 11.5. The van der Waals surface area contributed by atoms with Gasteiger partial charge in [0.25, 0.3) is 0 Å². The third-order valence-corrected chi connectivity index (χ3v) is 4.93. The zero-order valence-corrected chi connectivity index (χ0v) is 8.81. The highest BCUT2D eigenvalue weighted by atomic mass is 33.1. The summed E-state index contributed by atoms with van der Waals surface area (Å²) in [5.41, 5.74) is 0. The Morgan fingerprint density at radius 2 is 1.77 bits per heavy atom. The number of hydrogen-bond acceptors (Lipinski definition) is 6. The summed E-state index contributed by atoms with van der Waals surface area (Å²) < 4.78 is 26.0. The molecule has 1 saturated heterocycles. The van der Waals surface area contributed by atoms with Crippen LogP contribution in [0.1, 0.15) is 0 Å². The third kappa shape index (κ3) is 2.42. The maximum Gasteiger partial charge on any atom is 0.554 e. The molecule has 0 spiro atoms. The SMILES string of the molecule is O=P1(Oc2ccccc2)OSSO1. The minimum Gasteiger partial charge on any atom is -0.403 e. The van der Waals surface area contributed by atoms with Gasteiger partial charge in [-0.3, -0.25) is 0 Å². The Morgan fingerprint density at radius 3 is 2.38 bits per heavy atom. The van der Waals surface area contributed by atoms with Crippen molar-refractivity contribution in [1.29, 1.82) is 0 Å². The zero-order valence-electron chi connectivity index (χ0n) is 6.28. The van der Waals surface area contributed by atoms with Crippen LogP contribution in [-0.2, 0) is 12.5 Å². The molecule has 1 fully saturated rings. The standard InChI is InChI=1S/C6H5O4PS2/c7-11(9-12-13-10-11)8-6-4-2-1-3-5-6/h1-5H. The van der Waals surface area contributed by atoms with Crippen molar-refractivity contribution < 1.29 is 17.0 Å². The van der Waals surface area contributed by atoms with Crippen LogP contribution >= 0.6 is 30.0 Å². The van der Waals surface area contributed by atoms with Crippen molar-refractivity contribution in [3.63, 3.8) is 0 Å². The molecule has 70 valence electrons. The molecule has 7 heteroatoms. The molecule has 0 radical (unpaired) electrons. The van der Waals surface area contributed by atoms with Gasteiger partial charge < -0.3 is 4.52 Å². The highest BCUT2D eigenvalue weighted by Gasteiger charge is 2.36. The zero-order chi connectivity index (χ0) is 9.15. The molecule has 4 nitrogen and oxygen atoms in total. The summed E-state index contributed by atoms with van der Waals surface area (Å²) in [7, 11) is -3.37. The third-order valence-electron chi connectivity index (χ3n) is 1.23. The maximum atomic E-state index is 11.5. The average molecular weight is 236 g/mol. The lowest BCUT2D eigenvalue weighted by atomic mass is 10.3. The molecule has 0 unspecified atom stereocenters. The predicted molar refractivity (Wildman–Crippen MR) is 52.0 cm³/mol. The van der Waals surface area contributed by atoms with E-state index < -0.39 is 7.82 Å². The van der Waals surface area contributed by atoms with Gasteiger partial charge >= 0.3 is 7.82 Å². The van der Waals surface area contributed by atoms with Crippen LogP contribution in [0.5, 0.6) is 5.75 Å². The average Bonchev–Trinajstić information content (AvgIpc) is 2.54. The van der Waals surface area contributed by atoms with Crippen LogP contribution in [0.2, 0.25) is 0 Å². The van der Waals surface area contributed by atoms with Crippen molar-refractivity contribution in [3.8, 4) is 5.75 Å². The molecular weight excluding hydrogens is 231 g/mol. The molecule has 0 N–H and O–H groups in total. The van der Waals surface area contributed by atoms with Crippen LogP contribution in [0.3, 0.4) is 0 Å². The summed E-state index contributed by atoms with van der Waals surface area (Å²) in [5.74, 6) is 0.467. The predicted octanol–water partition coefficient (Wildman–Crippen LogP) is 3.43. The second-order valence-electron chi connectivity index (χ2n) is 2.14. The summed E-state index contributed by atoms with van der Waals surface area (Å²) in [4.78, 5) is 0. The van der Waals surface area contributed by atoms with Gasteiger partial charge in [0.05, 0.1) is 0 Å². The van der Waals surface area contributed by atoms with Crippen LogP contribution in [0.15, 0.2) is 30.3 Å². The molecular formula is C6H5O4PS2. The molecule has 0 saturated carbocycles. The Bertz CT molecular complexity index is 321. The molecule has 1 heterocycles. The van der Waals surface area contributed by atoms with E-state index in [2.05, 4.69) is 0 Å². The summed E-state index contributed by atoms with van der Waals surface area (Å²) >= 11 is 1.81. The fourth-order valence-electron chi connectivity index (χ4n) is 0.753. The molecule has 0 amide bonds. The van der Waals surface area contributed by atoms with Gasteiger partial charge in [-0.1, -0.05) is 18.2 Å². The van der Waals surface area contributed by atoms with E-state index >= 15 is 0 Å². The van der Waals surface area contributed by atoms with E-state index in [9.17, 15) is 4.57 Å². The highest BCUT2D eigenvalue weighted by molar-refractivity contribution is 8.75. The van der Waals surface area contributed by atoms with Gasteiger partial charge in [0.15, 0.2) is 0 Å². The number of hydrogen-bond donors (Lipinski definition) is 0. The second kappa shape index (κ2) is 3.94. The first-order chi connectivity index (χ1) is 6.29. The molecule has 0 bridgehead atoms. The van der Waals surface area contributed by atoms with Crippen LogP contribution in [0, 0.1) is 0 Å². The van der Waals surface area contributed by atoms with Crippen LogP contribution in [0.4, 0.5) is 0 Å². The lowest BCUT2D eigenvalue weighted by molar-refractivity contribution is 0.341. The Hall–Kier alpha value is -0.130. The Morgan fingerprint density at radius 1 is 1.15 bits per heavy atom. The van der Waals surface area contributed by atoms with Crippen molar-refractivity contribution in [2.75, 3.05) is 0 Å². The lowest BCUT2D eigenvalue weighted by Gasteiger charge is -2.07. The molecule has 1 aromatic rings. The fourth-order valence-corrected chi connectivity index (χ4v) is 4.28. The van der Waals surface area contributed by atoms with Gasteiger partial charge in [-0.15, -0.1) is 0 Å². The molecule has 0 aromatic heterocycles. The van der Waals surface area contributed by atoms with Gasteiger partial charge in [0.2, 0.25) is 0 Å². The second-order valence-corrected chi connectivity index (χ2v) is 5.49. The fraction of sp³-hybridized carbons (Fsp3) is 0. The minimum absolute atomic E-state index is 0.467. The normalized spacial score (nSPS) is 20.0. The number of para-hydroxylation sites is 1. The first-order valence-corrected chi connectivity index (χ1v) is 6.81. The molecule has 1 aliphatic heterocycles. The molecule has 1 aromatic carbocycles. The van der Waals surface area contributed by atoms with Gasteiger partial charge in [-0.25, -0.2) is 4.57 Å². The van der Waals surface area contributed by atoms with E-state index in [-0.39, 0.29) is 0 Å². The van der Waals surface area contributed by atoms with Crippen LogP contribution in [0.25, 0.3) is 0 Å². The van der Waals surface area contributed by atoms with Crippen molar-refractivity contribution >= 4 is 30.0 Å². The monoisotopic (exact) mass is 236 g/mol. The Kier molecular flexibility index (Phi) is 2.86. The summed E-state index contributed by atoms with van der Waals surface area (Å²) in [6.45, 7) is 0. The number of benzene rings is 1. The van der Waals surface area contributed by atoms with Crippen molar-refractivity contribution in [2.24, 2.45) is 0 Å². The van der Waals surface area contributed by atoms with Gasteiger partial charge in [0, 0.05) is 0 Å². The first-order valence-electron chi connectivity index (χ1n) is 3.35. The highest BCUT2D eigenvalue weighted by Crippen LogP contribution is 2.64. The van der Waals surface area contributed by atoms with E-state index in [0.29, 0.717) is 5.75 Å². The van der Waals surface area contributed by atoms with Crippen molar-refractivity contribution in [3.05, 3.63) is 30.3 Å². The summed E-state index contributed by atoms with van der Waals surface area (Å²) in [5, 5.41) is 0. The summed E-state index contributed by atoms with van der Waals surface area (Å²) in [6, 6.07) is 8.75. The van der Waals surface area contributed by atoms with Crippen LogP contribution < -0.4 is 4.52 Å². The molecule has 2 rings (SSSR count). The largest absolute Gasteiger partial charge is 0.554 e. The molecule has 13 heavy (non-hydrogen) atoms. The minimum atomic E-state index is -3.37. The molecule has 1 aliphatic rings. The number of rotatable bonds is 2. The van der Waals surface area contributed by atoms with Crippen molar-refractivity contribution in [1.82, 2.24) is 0 Å².